The van der Waals surface area contributed by atoms with Crippen LogP contribution >= 0.6 is 0 Å². The highest BCUT2D eigenvalue weighted by molar-refractivity contribution is 6.04. The Labute approximate surface area is 169 Å². The molecule has 1 aliphatic rings. The number of amides is 1. The van der Waals surface area contributed by atoms with Gasteiger partial charge in [-0.3, -0.25) is 9.79 Å². The average Bonchev–Trinajstić information content (AvgIpc) is 3.04. The van der Waals surface area contributed by atoms with E-state index in [0.717, 1.165) is 18.9 Å². The van der Waals surface area contributed by atoms with E-state index in [1.807, 2.05) is 6.92 Å². The highest BCUT2D eigenvalue weighted by Crippen LogP contribution is 2.17. The van der Waals surface area contributed by atoms with Crippen LogP contribution in [0, 0.1) is 12.7 Å². The van der Waals surface area contributed by atoms with Gasteiger partial charge in [-0.15, -0.1) is 0 Å². The molecule has 3 heterocycles. The Balaban J connectivity index is 1.77. The average molecular weight is 399 g/mol. The molecule has 0 spiro atoms. The molecule has 2 aromatic rings. The van der Waals surface area contributed by atoms with Crippen molar-refractivity contribution in [2.75, 3.05) is 18.4 Å². The molecule has 0 bridgehead atoms. The monoisotopic (exact) mass is 399 g/mol. The molecule has 1 amide bonds. The van der Waals surface area contributed by atoms with Gasteiger partial charge < -0.3 is 19.9 Å². The number of hydrogen-bond acceptors (Lipinski definition) is 5. The summed E-state index contributed by atoms with van der Waals surface area (Å²) >= 11 is 0. The molecule has 2 aromatic heterocycles. The minimum Gasteiger partial charge on any atom is -0.355 e. The van der Waals surface area contributed by atoms with Crippen LogP contribution in [-0.2, 0) is 4.79 Å². The van der Waals surface area contributed by atoms with E-state index >= 15 is 0 Å². The number of aromatic nitrogens is 2. The fraction of sp³-hybridized carbons (Fsp3) is 0.400. The Morgan fingerprint density at radius 3 is 2.93 bits per heavy atom. The molecule has 0 saturated carbocycles. The predicted octanol–water partition coefficient (Wildman–Crippen LogP) is 2.36. The quantitative estimate of drug-likeness (QED) is 0.470. The molecular weight excluding hydrogens is 373 g/mol. The van der Waals surface area contributed by atoms with E-state index < -0.39 is 11.7 Å². The minimum atomic E-state index is -0.524. The van der Waals surface area contributed by atoms with Crippen LogP contribution in [0.3, 0.4) is 0 Å². The Bertz CT molecular complexity index is 994. The number of hydrogen-bond donors (Lipinski definition) is 2. The highest BCUT2D eigenvalue weighted by Gasteiger charge is 2.23. The third kappa shape index (κ3) is 4.68. The van der Waals surface area contributed by atoms with E-state index in [1.54, 1.807) is 19.3 Å². The van der Waals surface area contributed by atoms with E-state index in [2.05, 4.69) is 51.1 Å². The second kappa shape index (κ2) is 8.52. The van der Waals surface area contributed by atoms with Crippen LogP contribution in [0.25, 0.3) is 5.65 Å². The third-order valence-electron chi connectivity index (χ3n) is 4.84. The number of carbonyl (C=O) groups is 1. The summed E-state index contributed by atoms with van der Waals surface area (Å²) in [6, 6.07) is 1.88. The first kappa shape index (κ1) is 20.7. The number of aryl methyl sites for hydroxylation is 1. The van der Waals surface area contributed by atoms with Gasteiger partial charge in [-0.25, -0.2) is 14.4 Å². The number of rotatable bonds is 4. The molecule has 154 valence electrons. The summed E-state index contributed by atoms with van der Waals surface area (Å²) in [4.78, 5) is 27.0. The largest absolute Gasteiger partial charge is 0.355 e. The Kier molecular flexibility index (Phi) is 6.07. The van der Waals surface area contributed by atoms with Gasteiger partial charge in [-0.05, 0) is 34.4 Å². The van der Waals surface area contributed by atoms with Gasteiger partial charge in [0, 0.05) is 43.6 Å². The van der Waals surface area contributed by atoms with Crippen molar-refractivity contribution in [3.8, 4) is 0 Å². The van der Waals surface area contributed by atoms with E-state index in [9.17, 15) is 9.18 Å². The number of pyridine rings is 1. The van der Waals surface area contributed by atoms with Crippen LogP contribution in [0.2, 0.25) is 0 Å². The van der Waals surface area contributed by atoms with Gasteiger partial charge in [0.15, 0.2) is 11.5 Å². The van der Waals surface area contributed by atoms with Crippen molar-refractivity contribution in [2.24, 2.45) is 9.98 Å². The lowest BCUT2D eigenvalue weighted by molar-refractivity contribution is -0.112. The topological polar surface area (TPSA) is 86.4 Å². The van der Waals surface area contributed by atoms with Crippen LogP contribution < -0.4 is 10.6 Å². The maximum absolute atomic E-state index is 14.2. The normalized spacial score (nSPS) is 20.8. The van der Waals surface area contributed by atoms with Crippen LogP contribution in [0.5, 0.6) is 0 Å². The number of imidazole rings is 1. The summed E-state index contributed by atoms with van der Waals surface area (Å²) in [5.74, 6) is -0.251. The first-order chi connectivity index (χ1) is 13.8. The molecule has 3 rings (SSSR count). The molecule has 1 saturated heterocycles. The molecule has 0 unspecified atom stereocenters. The number of anilines is 1. The molecule has 8 nitrogen and oxygen atoms in total. The predicted molar refractivity (Wildman–Crippen MR) is 113 cm³/mol. The zero-order valence-electron chi connectivity index (χ0n) is 17.1. The lowest BCUT2D eigenvalue weighted by Crippen LogP contribution is -2.55. The lowest BCUT2D eigenvalue weighted by atomic mass is 10.1. The van der Waals surface area contributed by atoms with Gasteiger partial charge in [-0.1, -0.05) is 0 Å². The van der Waals surface area contributed by atoms with E-state index in [-0.39, 0.29) is 17.0 Å². The van der Waals surface area contributed by atoms with Crippen molar-refractivity contribution in [2.45, 2.75) is 39.8 Å². The number of nitrogens with zero attached hydrogens (tertiary/aromatic N) is 5. The number of aliphatic imine (C=N–C) groups is 2. The molecule has 0 radical (unpaired) electrons. The third-order valence-corrected chi connectivity index (χ3v) is 4.84. The van der Waals surface area contributed by atoms with Gasteiger partial charge >= 0.3 is 0 Å². The summed E-state index contributed by atoms with van der Waals surface area (Å²) < 4.78 is 15.7. The molecule has 29 heavy (non-hydrogen) atoms. The molecule has 0 aromatic carbocycles. The molecule has 0 aliphatic carbocycles. The fourth-order valence-electron chi connectivity index (χ4n) is 3.32. The number of amidine groups is 1. The zero-order chi connectivity index (χ0) is 21.1. The maximum atomic E-state index is 14.2. The Hall–Kier alpha value is -3.07. The molecule has 1 fully saturated rings. The van der Waals surface area contributed by atoms with Crippen molar-refractivity contribution in [1.29, 1.82) is 0 Å². The first-order valence-electron chi connectivity index (χ1n) is 9.46. The lowest BCUT2D eigenvalue weighted by Gasteiger charge is -2.38. The molecular formula is C20H26FN7O. The first-order valence-corrected chi connectivity index (χ1v) is 9.46. The number of fused-ring (bicyclic) bond motifs is 1. The summed E-state index contributed by atoms with van der Waals surface area (Å²) in [7, 11) is 0. The van der Waals surface area contributed by atoms with Gasteiger partial charge in [0.05, 0.1) is 17.6 Å². The van der Waals surface area contributed by atoms with Crippen molar-refractivity contribution < 1.29 is 9.18 Å². The Morgan fingerprint density at radius 2 is 2.21 bits per heavy atom. The summed E-state index contributed by atoms with van der Waals surface area (Å²) in [6.07, 6.45) is 4.66. The number of carbonyl (C=O) groups excluding carboxylic acids is 1. The van der Waals surface area contributed by atoms with Crippen LogP contribution in [0.15, 0.2) is 40.3 Å². The van der Waals surface area contributed by atoms with Crippen LogP contribution in [-0.4, -0.2) is 57.9 Å². The minimum absolute atomic E-state index is 0.0440. The summed E-state index contributed by atoms with van der Waals surface area (Å²) in [6.45, 7) is 13.0. The van der Waals surface area contributed by atoms with Crippen molar-refractivity contribution >= 4 is 29.8 Å². The highest BCUT2D eigenvalue weighted by atomic mass is 19.1. The van der Waals surface area contributed by atoms with Crippen molar-refractivity contribution in [1.82, 2.24) is 19.6 Å². The van der Waals surface area contributed by atoms with Gasteiger partial charge in [-0.2, -0.15) is 0 Å². The number of nitrogens with one attached hydrogen (secondary N) is 2. The van der Waals surface area contributed by atoms with Crippen LogP contribution in [0.1, 0.15) is 26.5 Å². The standard InChI is InChI=1S/C20H26FN7O/c1-12-10-28(14(3)7-23-12)15(4)24-8-18(22-5)20(29)26-16-6-17(21)19-25-13(2)9-27(19)11-16/h6,8-9,11-12,14,23H,5,7,10H2,1-4H3,(H,26,29)/b18-8-,24-15?/t12-,14+/m0/s1. The van der Waals surface area contributed by atoms with Gasteiger partial charge in [0.1, 0.15) is 11.5 Å². The fourth-order valence-corrected chi connectivity index (χ4v) is 3.32. The summed E-state index contributed by atoms with van der Waals surface area (Å²) in [5, 5.41) is 6.05. The van der Waals surface area contributed by atoms with E-state index in [0.29, 0.717) is 17.8 Å². The smallest absolute Gasteiger partial charge is 0.275 e. The van der Waals surface area contributed by atoms with Crippen molar-refractivity contribution in [3.05, 3.63) is 41.9 Å². The number of halogens is 1. The molecule has 9 heteroatoms. The second-order valence-electron chi connectivity index (χ2n) is 7.30. The zero-order valence-corrected chi connectivity index (χ0v) is 17.1. The number of piperazine rings is 1. The van der Waals surface area contributed by atoms with E-state index in [4.69, 9.17) is 0 Å². The van der Waals surface area contributed by atoms with Crippen LogP contribution in [0.4, 0.5) is 10.1 Å². The Morgan fingerprint density at radius 1 is 1.45 bits per heavy atom. The van der Waals surface area contributed by atoms with Gasteiger partial charge in [0.25, 0.3) is 5.91 Å². The maximum Gasteiger partial charge on any atom is 0.275 e. The molecule has 2 atom stereocenters. The van der Waals surface area contributed by atoms with Gasteiger partial charge in [0.2, 0.25) is 0 Å². The second-order valence-corrected chi connectivity index (χ2v) is 7.30. The van der Waals surface area contributed by atoms with E-state index in [1.165, 1.54) is 16.7 Å². The molecule has 2 N–H and O–H groups in total. The SMILES string of the molecule is C=N/C(=C\N=C(C)N1C[C@H](C)NC[C@H]1C)C(=O)Nc1cc(F)c2nc(C)cn2c1. The summed E-state index contributed by atoms with van der Waals surface area (Å²) in [5.41, 5.74) is 1.22. The molecule has 1 aliphatic heterocycles. The van der Waals surface area contributed by atoms with Crippen molar-refractivity contribution in [3.63, 3.8) is 0 Å².